The number of ether oxygens (including phenoxy) is 1. The summed E-state index contributed by atoms with van der Waals surface area (Å²) in [7, 11) is 0. The van der Waals surface area contributed by atoms with Gasteiger partial charge in [0, 0.05) is 11.1 Å². The highest BCUT2D eigenvalue weighted by atomic mass is 16.5. The van der Waals surface area contributed by atoms with Gasteiger partial charge in [0.15, 0.2) is 0 Å². The lowest BCUT2D eigenvalue weighted by molar-refractivity contribution is -0.120. The molecule has 0 aromatic heterocycles. The Bertz CT molecular complexity index is 655. The molecule has 0 saturated heterocycles. The minimum Gasteiger partial charge on any atom is -0.372 e. The smallest absolute Gasteiger partial charge is 0.245 e. The number of carbonyl (C=O) groups is 1. The number of amides is 1. The van der Waals surface area contributed by atoms with Gasteiger partial charge >= 0.3 is 0 Å². The Morgan fingerprint density at radius 2 is 2.00 bits per heavy atom. The first kappa shape index (κ1) is 12.8. The van der Waals surface area contributed by atoms with Crippen LogP contribution in [0, 0.1) is 22.2 Å². The van der Waals surface area contributed by atoms with Gasteiger partial charge in [-0.25, -0.2) is 0 Å². The average Bonchev–Trinajstić information content (AvgIpc) is 2.85. The molecule has 1 aromatic rings. The number of hydrogen-bond acceptors (Lipinski definition) is 3. The third kappa shape index (κ3) is 1.74. The van der Waals surface area contributed by atoms with Gasteiger partial charge in [0.2, 0.25) is 5.91 Å². The summed E-state index contributed by atoms with van der Waals surface area (Å²) in [6.07, 6.45) is 5.06. The molecule has 4 heteroatoms. The topological polar surface area (TPSA) is 62.1 Å². The van der Waals surface area contributed by atoms with Gasteiger partial charge in [-0.2, -0.15) is 5.26 Å². The molecule has 3 aliphatic rings. The van der Waals surface area contributed by atoms with Gasteiger partial charge in [-0.3, -0.25) is 4.79 Å². The SMILES string of the molecule is N#C[C@@]1(C(=O)Nc2ccc3c(c2)COC3)CC12CCCC2. The lowest BCUT2D eigenvalue weighted by Gasteiger charge is -2.15. The number of nitriles is 1. The molecule has 108 valence electrons. The van der Waals surface area contributed by atoms with Crippen molar-refractivity contribution in [2.75, 3.05) is 5.32 Å². The molecule has 1 spiro atoms. The van der Waals surface area contributed by atoms with E-state index in [0.29, 0.717) is 13.2 Å². The zero-order chi connectivity index (χ0) is 14.5. The molecule has 1 N–H and O–H groups in total. The minimum absolute atomic E-state index is 0.0360. The van der Waals surface area contributed by atoms with Gasteiger partial charge in [0.1, 0.15) is 5.41 Å². The highest BCUT2D eigenvalue weighted by Crippen LogP contribution is 2.71. The lowest BCUT2D eigenvalue weighted by Crippen LogP contribution is -2.28. The predicted molar refractivity (Wildman–Crippen MR) is 77.1 cm³/mol. The molecular weight excluding hydrogens is 264 g/mol. The molecule has 4 rings (SSSR count). The summed E-state index contributed by atoms with van der Waals surface area (Å²) in [6, 6.07) is 8.19. The van der Waals surface area contributed by atoms with Gasteiger partial charge in [0.05, 0.1) is 19.3 Å². The van der Waals surface area contributed by atoms with Crippen molar-refractivity contribution >= 4 is 11.6 Å². The van der Waals surface area contributed by atoms with Crippen LogP contribution in [0.5, 0.6) is 0 Å². The number of hydrogen-bond donors (Lipinski definition) is 1. The number of nitrogens with zero attached hydrogens (tertiary/aromatic N) is 1. The van der Waals surface area contributed by atoms with E-state index in [0.717, 1.165) is 43.4 Å². The molecule has 0 bridgehead atoms. The summed E-state index contributed by atoms with van der Waals surface area (Å²) in [5.41, 5.74) is 2.26. The van der Waals surface area contributed by atoms with Crippen LogP contribution in [0.3, 0.4) is 0 Å². The van der Waals surface area contributed by atoms with Crippen molar-refractivity contribution in [2.24, 2.45) is 10.8 Å². The number of rotatable bonds is 2. The minimum atomic E-state index is -0.793. The Morgan fingerprint density at radius 1 is 1.24 bits per heavy atom. The third-order valence-corrected chi connectivity index (χ3v) is 5.50. The maximum Gasteiger partial charge on any atom is 0.245 e. The van der Waals surface area contributed by atoms with Crippen LogP contribution in [0.2, 0.25) is 0 Å². The molecule has 1 aliphatic heterocycles. The van der Waals surface area contributed by atoms with E-state index in [9.17, 15) is 10.1 Å². The monoisotopic (exact) mass is 282 g/mol. The van der Waals surface area contributed by atoms with E-state index in [-0.39, 0.29) is 11.3 Å². The predicted octanol–water partition coefficient (Wildman–Crippen LogP) is 3.13. The quantitative estimate of drug-likeness (QED) is 0.906. The fourth-order valence-corrected chi connectivity index (χ4v) is 4.14. The van der Waals surface area contributed by atoms with Crippen molar-refractivity contribution in [3.05, 3.63) is 29.3 Å². The van der Waals surface area contributed by atoms with Crippen LogP contribution in [0.25, 0.3) is 0 Å². The standard InChI is InChI=1S/C17H18N2O2/c18-11-17(10-16(17)5-1-2-6-16)15(20)19-14-4-3-12-8-21-9-13(12)7-14/h3-4,7H,1-2,5-6,8-10H2,(H,19,20)/t17-/m1/s1. The van der Waals surface area contributed by atoms with Crippen molar-refractivity contribution in [3.63, 3.8) is 0 Å². The maximum absolute atomic E-state index is 12.6. The molecule has 21 heavy (non-hydrogen) atoms. The molecule has 1 aromatic carbocycles. The molecule has 2 aliphatic carbocycles. The molecule has 4 nitrogen and oxygen atoms in total. The molecule has 1 heterocycles. The maximum atomic E-state index is 12.6. The Labute approximate surface area is 124 Å². The van der Waals surface area contributed by atoms with Crippen LogP contribution in [0.1, 0.15) is 43.2 Å². The summed E-state index contributed by atoms with van der Waals surface area (Å²) in [5.74, 6) is -0.120. The zero-order valence-corrected chi connectivity index (χ0v) is 11.9. The van der Waals surface area contributed by atoms with E-state index in [4.69, 9.17) is 4.74 Å². The second-order valence-electron chi connectivity index (χ2n) is 6.61. The third-order valence-electron chi connectivity index (χ3n) is 5.50. The van der Waals surface area contributed by atoms with Gasteiger partial charge in [-0.15, -0.1) is 0 Å². The largest absolute Gasteiger partial charge is 0.372 e. The summed E-state index contributed by atoms with van der Waals surface area (Å²) in [6.45, 7) is 1.25. The normalized spacial score (nSPS) is 28.1. The van der Waals surface area contributed by atoms with Crippen LogP contribution < -0.4 is 5.32 Å². The second-order valence-corrected chi connectivity index (χ2v) is 6.61. The van der Waals surface area contributed by atoms with Crippen LogP contribution in [-0.4, -0.2) is 5.91 Å². The molecular formula is C17H18N2O2. The van der Waals surface area contributed by atoms with Crippen LogP contribution in [0.4, 0.5) is 5.69 Å². The first-order chi connectivity index (χ1) is 10.2. The molecule has 2 saturated carbocycles. The summed E-state index contributed by atoms with van der Waals surface area (Å²) in [4.78, 5) is 12.6. The van der Waals surface area contributed by atoms with Crippen molar-refractivity contribution in [2.45, 2.75) is 45.3 Å². The van der Waals surface area contributed by atoms with E-state index < -0.39 is 5.41 Å². The van der Waals surface area contributed by atoms with Crippen LogP contribution in [0.15, 0.2) is 18.2 Å². The lowest BCUT2D eigenvalue weighted by atomic mass is 9.91. The molecule has 1 amide bonds. The second kappa shape index (κ2) is 4.32. The summed E-state index contributed by atoms with van der Waals surface area (Å²) < 4.78 is 5.39. The Hall–Kier alpha value is -1.86. The van der Waals surface area contributed by atoms with Gasteiger partial charge in [0.25, 0.3) is 0 Å². The Morgan fingerprint density at radius 3 is 2.76 bits per heavy atom. The number of nitrogens with one attached hydrogen (secondary N) is 1. The molecule has 0 radical (unpaired) electrons. The van der Waals surface area contributed by atoms with Gasteiger partial charge in [-0.05, 0) is 42.5 Å². The first-order valence-corrected chi connectivity index (χ1v) is 7.61. The van der Waals surface area contributed by atoms with E-state index in [2.05, 4.69) is 11.4 Å². The average molecular weight is 282 g/mol. The first-order valence-electron chi connectivity index (χ1n) is 7.61. The van der Waals surface area contributed by atoms with Gasteiger partial charge in [-0.1, -0.05) is 18.9 Å². The van der Waals surface area contributed by atoms with Crippen molar-refractivity contribution in [1.82, 2.24) is 0 Å². The Balaban J connectivity index is 1.55. The van der Waals surface area contributed by atoms with Crippen LogP contribution >= 0.6 is 0 Å². The van der Waals surface area contributed by atoms with E-state index >= 15 is 0 Å². The number of carbonyl (C=O) groups excluding carboxylic acids is 1. The fraction of sp³-hybridized carbons (Fsp3) is 0.529. The number of benzene rings is 1. The Kier molecular flexibility index (Phi) is 2.64. The van der Waals surface area contributed by atoms with Crippen molar-refractivity contribution < 1.29 is 9.53 Å². The molecule has 1 atom stereocenters. The number of anilines is 1. The van der Waals surface area contributed by atoms with E-state index in [1.165, 1.54) is 5.56 Å². The van der Waals surface area contributed by atoms with E-state index in [1.54, 1.807) is 0 Å². The zero-order valence-electron chi connectivity index (χ0n) is 11.9. The highest BCUT2D eigenvalue weighted by molar-refractivity contribution is 6.00. The molecule has 2 fully saturated rings. The van der Waals surface area contributed by atoms with E-state index in [1.807, 2.05) is 18.2 Å². The summed E-state index contributed by atoms with van der Waals surface area (Å²) >= 11 is 0. The highest BCUT2D eigenvalue weighted by Gasteiger charge is 2.72. The fourth-order valence-electron chi connectivity index (χ4n) is 4.14. The molecule has 0 unspecified atom stereocenters. The van der Waals surface area contributed by atoms with Crippen LogP contribution in [-0.2, 0) is 22.7 Å². The van der Waals surface area contributed by atoms with Crippen molar-refractivity contribution in [1.29, 1.82) is 5.26 Å². The summed E-state index contributed by atoms with van der Waals surface area (Å²) in [5, 5.41) is 12.5. The number of fused-ring (bicyclic) bond motifs is 1. The van der Waals surface area contributed by atoms with Crippen molar-refractivity contribution in [3.8, 4) is 6.07 Å². The van der Waals surface area contributed by atoms with Gasteiger partial charge < -0.3 is 10.1 Å².